The van der Waals surface area contributed by atoms with E-state index in [0.29, 0.717) is 0 Å². The highest BCUT2D eigenvalue weighted by molar-refractivity contribution is 5.74. The second-order valence-corrected chi connectivity index (χ2v) is 4.65. The number of hydrogen-bond acceptors (Lipinski definition) is 4. The third kappa shape index (κ3) is 1.95. The number of hydrogen-bond donors (Lipinski definition) is 1. The lowest BCUT2D eigenvalue weighted by atomic mass is 10.4. The average Bonchev–Trinajstić information content (AvgIpc) is 2.80. The molecule has 3 rings (SSSR count). The molecule has 0 amide bonds. The molecule has 0 aromatic carbocycles. The molecule has 0 unspecified atom stereocenters. The molecule has 0 radical (unpaired) electrons. The molecule has 0 spiro atoms. The Kier molecular flexibility index (Phi) is 3.15. The van der Waals surface area contributed by atoms with Gasteiger partial charge in [-0.2, -0.15) is 0 Å². The molecule has 0 bridgehead atoms. The van der Waals surface area contributed by atoms with Crippen LogP contribution < -0.4 is 10.2 Å². The third-order valence-electron chi connectivity index (χ3n) is 3.33. The van der Waals surface area contributed by atoms with Crippen LogP contribution in [-0.2, 0) is 6.54 Å². The summed E-state index contributed by atoms with van der Waals surface area (Å²) >= 11 is 0. The summed E-state index contributed by atoms with van der Waals surface area (Å²) < 4.78 is 2.25. The van der Waals surface area contributed by atoms with Crippen LogP contribution >= 0.6 is 0 Å². The molecule has 18 heavy (non-hydrogen) atoms. The molecule has 5 heteroatoms. The van der Waals surface area contributed by atoms with Crippen LogP contribution in [0.3, 0.4) is 0 Å². The van der Waals surface area contributed by atoms with Gasteiger partial charge in [0.25, 0.3) is 0 Å². The monoisotopic (exact) mass is 245 g/mol. The van der Waals surface area contributed by atoms with Crippen molar-refractivity contribution in [1.82, 2.24) is 19.9 Å². The Morgan fingerprint density at radius 1 is 1.33 bits per heavy atom. The van der Waals surface area contributed by atoms with Gasteiger partial charge in [-0.15, -0.1) is 0 Å². The summed E-state index contributed by atoms with van der Waals surface area (Å²) in [6.07, 6.45) is 2.94. The first-order valence-electron chi connectivity index (χ1n) is 6.67. The lowest BCUT2D eigenvalue weighted by Gasteiger charge is -2.28. The van der Waals surface area contributed by atoms with Gasteiger partial charge in [0, 0.05) is 38.9 Å². The van der Waals surface area contributed by atoms with Crippen molar-refractivity contribution in [1.29, 1.82) is 0 Å². The Balaban J connectivity index is 2.05. The van der Waals surface area contributed by atoms with Crippen molar-refractivity contribution < 1.29 is 0 Å². The summed E-state index contributed by atoms with van der Waals surface area (Å²) in [6.45, 7) is 7.27. The maximum Gasteiger partial charge on any atom is 0.207 e. The number of aryl methyl sites for hydroxylation is 1. The molecule has 96 valence electrons. The Morgan fingerprint density at radius 2 is 2.17 bits per heavy atom. The number of anilines is 1. The van der Waals surface area contributed by atoms with E-state index in [9.17, 15) is 0 Å². The van der Waals surface area contributed by atoms with Gasteiger partial charge in [0.05, 0.1) is 0 Å². The predicted octanol–water partition coefficient (Wildman–Crippen LogP) is 1.25. The van der Waals surface area contributed by atoms with Crippen LogP contribution in [0.4, 0.5) is 5.95 Å². The number of pyridine rings is 1. The van der Waals surface area contributed by atoms with Crippen molar-refractivity contribution >= 4 is 17.1 Å². The first-order chi connectivity index (χ1) is 8.90. The standard InChI is InChI=1S/C13H19N5/c1-2-8-18-12-11(4-3-5-15-12)16-13(18)17-9-6-14-7-10-17/h3-5,14H,2,6-10H2,1H3. The van der Waals surface area contributed by atoms with E-state index >= 15 is 0 Å². The maximum atomic E-state index is 4.75. The smallest absolute Gasteiger partial charge is 0.207 e. The van der Waals surface area contributed by atoms with Gasteiger partial charge < -0.3 is 10.2 Å². The summed E-state index contributed by atoms with van der Waals surface area (Å²) in [5, 5.41) is 3.38. The zero-order chi connectivity index (χ0) is 12.4. The van der Waals surface area contributed by atoms with E-state index in [4.69, 9.17) is 4.98 Å². The molecular weight excluding hydrogens is 226 g/mol. The largest absolute Gasteiger partial charge is 0.340 e. The topological polar surface area (TPSA) is 46.0 Å². The number of nitrogens with one attached hydrogen (secondary N) is 1. The molecular formula is C13H19N5. The lowest BCUT2D eigenvalue weighted by Crippen LogP contribution is -2.44. The second kappa shape index (κ2) is 4.94. The molecule has 0 atom stereocenters. The van der Waals surface area contributed by atoms with Gasteiger partial charge in [-0.25, -0.2) is 9.97 Å². The van der Waals surface area contributed by atoms with Crippen LogP contribution in [0.5, 0.6) is 0 Å². The van der Waals surface area contributed by atoms with Crippen LogP contribution in [0, 0.1) is 0 Å². The van der Waals surface area contributed by atoms with Crippen LogP contribution in [0.2, 0.25) is 0 Å². The zero-order valence-electron chi connectivity index (χ0n) is 10.8. The SMILES string of the molecule is CCCn1c(N2CCNCC2)nc2cccnc21. The molecule has 1 fully saturated rings. The van der Waals surface area contributed by atoms with Crippen LogP contribution in [0.25, 0.3) is 11.2 Å². The lowest BCUT2D eigenvalue weighted by molar-refractivity contribution is 0.564. The molecule has 3 heterocycles. The summed E-state index contributed by atoms with van der Waals surface area (Å²) in [6, 6.07) is 3.99. The van der Waals surface area contributed by atoms with Crippen LogP contribution in [-0.4, -0.2) is 40.7 Å². The summed E-state index contributed by atoms with van der Waals surface area (Å²) in [7, 11) is 0. The van der Waals surface area contributed by atoms with Crippen molar-refractivity contribution in [3.63, 3.8) is 0 Å². The summed E-state index contributed by atoms with van der Waals surface area (Å²) in [4.78, 5) is 11.6. The summed E-state index contributed by atoms with van der Waals surface area (Å²) in [5.41, 5.74) is 2.01. The highest BCUT2D eigenvalue weighted by Gasteiger charge is 2.18. The van der Waals surface area contributed by atoms with Gasteiger partial charge in [-0.1, -0.05) is 6.92 Å². The van der Waals surface area contributed by atoms with Crippen molar-refractivity contribution in [2.45, 2.75) is 19.9 Å². The number of rotatable bonds is 3. The second-order valence-electron chi connectivity index (χ2n) is 4.65. The van der Waals surface area contributed by atoms with E-state index < -0.39 is 0 Å². The number of nitrogens with zero attached hydrogens (tertiary/aromatic N) is 4. The van der Waals surface area contributed by atoms with E-state index in [1.807, 2.05) is 18.3 Å². The maximum absolute atomic E-state index is 4.75. The molecule has 0 aliphatic carbocycles. The van der Waals surface area contributed by atoms with Crippen molar-refractivity contribution in [2.75, 3.05) is 31.1 Å². The number of imidazole rings is 1. The first kappa shape index (κ1) is 11.5. The van der Waals surface area contributed by atoms with Gasteiger partial charge in [0.2, 0.25) is 5.95 Å². The van der Waals surface area contributed by atoms with E-state index in [-0.39, 0.29) is 0 Å². The van der Waals surface area contributed by atoms with Crippen molar-refractivity contribution in [3.8, 4) is 0 Å². The number of piperazine rings is 1. The minimum Gasteiger partial charge on any atom is -0.340 e. The molecule has 5 nitrogen and oxygen atoms in total. The molecule has 1 aliphatic rings. The minimum absolute atomic E-state index is 0.979. The van der Waals surface area contributed by atoms with Gasteiger partial charge in [-0.3, -0.25) is 4.57 Å². The quantitative estimate of drug-likeness (QED) is 0.884. The Hall–Kier alpha value is -1.62. The minimum atomic E-state index is 0.979. The fourth-order valence-electron chi connectivity index (χ4n) is 2.48. The van der Waals surface area contributed by atoms with Crippen molar-refractivity contribution in [2.24, 2.45) is 0 Å². The fraction of sp³-hybridized carbons (Fsp3) is 0.538. The molecule has 2 aromatic heterocycles. The molecule has 2 aromatic rings. The van der Waals surface area contributed by atoms with Crippen LogP contribution in [0.1, 0.15) is 13.3 Å². The molecule has 1 saturated heterocycles. The molecule has 1 N–H and O–H groups in total. The Bertz CT molecular complexity index is 527. The van der Waals surface area contributed by atoms with E-state index in [2.05, 4.69) is 26.7 Å². The van der Waals surface area contributed by atoms with Crippen molar-refractivity contribution in [3.05, 3.63) is 18.3 Å². The Labute approximate surface area is 107 Å². The molecule has 1 aliphatic heterocycles. The highest BCUT2D eigenvalue weighted by atomic mass is 15.3. The Morgan fingerprint density at radius 3 is 2.94 bits per heavy atom. The number of fused-ring (bicyclic) bond motifs is 1. The predicted molar refractivity (Wildman–Crippen MR) is 72.9 cm³/mol. The van der Waals surface area contributed by atoms with Crippen LogP contribution in [0.15, 0.2) is 18.3 Å². The normalized spacial score (nSPS) is 16.4. The van der Waals surface area contributed by atoms with Gasteiger partial charge in [0.15, 0.2) is 5.65 Å². The highest BCUT2D eigenvalue weighted by Crippen LogP contribution is 2.21. The summed E-state index contributed by atoms with van der Waals surface area (Å²) in [5.74, 6) is 1.08. The van der Waals surface area contributed by atoms with E-state index in [1.54, 1.807) is 0 Å². The van der Waals surface area contributed by atoms with Gasteiger partial charge >= 0.3 is 0 Å². The zero-order valence-corrected chi connectivity index (χ0v) is 10.8. The van der Waals surface area contributed by atoms with Gasteiger partial charge in [0.1, 0.15) is 5.52 Å². The molecule has 0 saturated carbocycles. The van der Waals surface area contributed by atoms with E-state index in [1.165, 1.54) is 0 Å². The number of aromatic nitrogens is 3. The average molecular weight is 245 g/mol. The third-order valence-corrected chi connectivity index (χ3v) is 3.33. The van der Waals surface area contributed by atoms with Gasteiger partial charge in [-0.05, 0) is 18.6 Å². The fourth-order valence-corrected chi connectivity index (χ4v) is 2.48. The first-order valence-corrected chi connectivity index (χ1v) is 6.67. The van der Waals surface area contributed by atoms with E-state index in [0.717, 1.165) is 56.3 Å².